The van der Waals surface area contributed by atoms with Gasteiger partial charge in [-0.25, -0.2) is 22.0 Å². The van der Waals surface area contributed by atoms with Crippen molar-refractivity contribution in [3.63, 3.8) is 0 Å². The molecule has 57 heavy (non-hydrogen) atoms. The summed E-state index contributed by atoms with van der Waals surface area (Å²) in [7, 11) is -11.4. The number of sulfonamides is 2. The summed E-state index contributed by atoms with van der Waals surface area (Å²) in [5.41, 5.74) is 1.41. The first-order valence-corrected chi connectivity index (χ1v) is 24.3. The van der Waals surface area contributed by atoms with Gasteiger partial charge in [0.05, 0.1) is 29.4 Å². The number of nitrogens with zero attached hydrogens (tertiary/aromatic N) is 1. The van der Waals surface area contributed by atoms with Gasteiger partial charge in [0.2, 0.25) is 39.6 Å². The van der Waals surface area contributed by atoms with Gasteiger partial charge in [0.1, 0.15) is 16.0 Å². The number of aliphatic carboxylic acids is 1. The van der Waals surface area contributed by atoms with E-state index >= 15 is 0 Å². The molecular weight excluding hydrogens is 830 g/mol. The van der Waals surface area contributed by atoms with Gasteiger partial charge in [-0.3, -0.25) is 18.7 Å². The van der Waals surface area contributed by atoms with Gasteiger partial charge >= 0.3 is 35.5 Å². The Hall–Kier alpha value is -2.05. The number of aryl methyl sites for hydroxylation is 1. The van der Waals surface area contributed by atoms with Crippen LogP contribution in [0.5, 0.6) is 0 Å². The van der Waals surface area contributed by atoms with E-state index in [-0.39, 0.29) is 76.3 Å². The zero-order chi connectivity index (χ0) is 41.3. The average molecular weight is 883 g/mol. The van der Waals surface area contributed by atoms with Crippen LogP contribution < -0.4 is 49.8 Å². The standard InChI is InChI=1S/C30H46NO7P.C7H8ClN3O4S2.Na/c1-4-28(33)37-30(22(2)3)38-39(36,18-12-11-15-23-13-7-5-8-14-23)21-27(32)31-20-25(19-26(31)29(34)35)24-16-9-6-10-17-24;8-4-1-5-7(2-6(4)16(9,12)13)17(14,15)11-3-10-5;/h5,7-8,13-14,22,24-26,30H,4,6,9-12,15-21H2,1-3H3,(H,34,35);1-2,10-11H,3H2,(H2,9,12,13);/q;;+1/p-1/t25-,26+,30+,39-;;/m1../s1. The molecule has 2 aromatic rings. The summed E-state index contributed by atoms with van der Waals surface area (Å²) in [6.45, 7) is 5.63. The number of rotatable bonds is 15. The van der Waals surface area contributed by atoms with Crippen molar-refractivity contribution < 1.29 is 79.7 Å². The molecule has 0 aromatic heterocycles. The van der Waals surface area contributed by atoms with Crippen LogP contribution in [0.1, 0.15) is 84.1 Å². The van der Waals surface area contributed by atoms with Crippen LogP contribution in [-0.2, 0) is 54.7 Å². The summed E-state index contributed by atoms with van der Waals surface area (Å²) in [6.07, 6.45) is 6.88. The molecule has 2 aliphatic heterocycles. The van der Waals surface area contributed by atoms with Crippen molar-refractivity contribution in [2.75, 3.05) is 30.9 Å². The van der Waals surface area contributed by atoms with Crippen LogP contribution in [0.15, 0.2) is 52.3 Å². The number of carbonyl (C=O) groups excluding carboxylic acids is 3. The molecule has 3 aliphatic rings. The van der Waals surface area contributed by atoms with Gasteiger partial charge in [-0.1, -0.05) is 94.8 Å². The molecule has 0 radical (unpaired) electrons. The Labute approximate surface area is 363 Å². The minimum absolute atomic E-state index is 0. The maximum Gasteiger partial charge on any atom is 1.00 e. The molecule has 312 valence electrons. The second kappa shape index (κ2) is 22.0. The van der Waals surface area contributed by atoms with E-state index in [4.69, 9.17) is 26.0 Å². The maximum atomic E-state index is 14.2. The molecule has 4 N–H and O–H groups in total. The van der Waals surface area contributed by atoms with Gasteiger partial charge < -0.3 is 24.9 Å². The number of hydrogen-bond donors (Lipinski definition) is 3. The largest absolute Gasteiger partial charge is 1.00 e. The molecule has 1 saturated heterocycles. The summed E-state index contributed by atoms with van der Waals surface area (Å²) in [4.78, 5) is 38.3. The number of ether oxygens (including phenoxy) is 1. The van der Waals surface area contributed by atoms with Crippen LogP contribution in [0.25, 0.3) is 0 Å². The van der Waals surface area contributed by atoms with Crippen LogP contribution in [0, 0.1) is 17.8 Å². The topological polar surface area (TPSA) is 231 Å². The van der Waals surface area contributed by atoms with Crippen molar-refractivity contribution in [2.24, 2.45) is 22.9 Å². The Kier molecular flexibility index (Phi) is 19.0. The van der Waals surface area contributed by atoms with Crippen molar-refractivity contribution >= 4 is 62.5 Å². The van der Waals surface area contributed by atoms with Gasteiger partial charge in [-0.2, -0.15) is 4.72 Å². The van der Waals surface area contributed by atoms with Crippen LogP contribution in [0.3, 0.4) is 0 Å². The molecule has 0 spiro atoms. The molecule has 0 bridgehead atoms. The fraction of sp³-hybridized carbons (Fsp3) is 0.595. The van der Waals surface area contributed by atoms with Crippen molar-refractivity contribution in [1.82, 2.24) is 9.62 Å². The molecule has 1 amide bonds. The number of nitrogens with two attached hydrogens (primary N) is 1. The Morgan fingerprint density at radius 1 is 1.07 bits per heavy atom. The molecule has 15 nitrogen and oxygen atoms in total. The Balaban J connectivity index is 0.000000402. The number of fused-ring (bicyclic) bond motifs is 1. The number of carbonyl (C=O) groups is 3. The quantitative estimate of drug-likeness (QED) is 0.0759. The van der Waals surface area contributed by atoms with Crippen molar-refractivity contribution in [3.8, 4) is 0 Å². The van der Waals surface area contributed by atoms with Crippen molar-refractivity contribution in [1.29, 1.82) is 0 Å². The first-order chi connectivity index (χ1) is 26.3. The van der Waals surface area contributed by atoms with E-state index in [0.29, 0.717) is 25.3 Å². The maximum absolute atomic E-state index is 14.2. The second-order valence-electron chi connectivity index (χ2n) is 14.8. The Bertz CT molecular complexity index is 1970. The number of amides is 1. The molecule has 2 heterocycles. The number of esters is 1. The zero-order valence-electron chi connectivity index (χ0n) is 33.0. The first-order valence-electron chi connectivity index (χ1n) is 18.9. The number of nitrogens with one attached hydrogen (secondary N) is 2. The summed E-state index contributed by atoms with van der Waals surface area (Å²) < 4.78 is 73.5. The van der Waals surface area contributed by atoms with Crippen LogP contribution in [0.4, 0.5) is 5.69 Å². The van der Waals surface area contributed by atoms with E-state index < -0.39 is 68.7 Å². The van der Waals surface area contributed by atoms with Crippen LogP contribution >= 0.6 is 19.0 Å². The summed E-state index contributed by atoms with van der Waals surface area (Å²) in [5, 5.41) is 19.5. The number of likely N-dealkylation sites (tertiary alicyclic amines) is 1. The van der Waals surface area contributed by atoms with E-state index in [9.17, 15) is 40.9 Å². The van der Waals surface area contributed by atoms with Crippen LogP contribution in [0.2, 0.25) is 5.02 Å². The SMILES string of the molecule is CCC(=O)O[C@@H](O[P@](=O)(CCCCc1ccccc1)CC(=O)N1C[C@H](C2CCCCC2)C[C@H]1C(=O)[O-])C(C)C.NS(=O)(=O)c1cc2c(cc1Cl)NCNS2(=O)=O.[Na+]. The molecule has 2 aromatic carbocycles. The normalized spacial score (nSPS) is 20.8. The number of anilines is 1. The third kappa shape index (κ3) is 14.3. The number of hydrogen-bond acceptors (Lipinski definition) is 12. The summed E-state index contributed by atoms with van der Waals surface area (Å²) in [5.74, 6) is -1.99. The van der Waals surface area contributed by atoms with E-state index in [0.717, 1.165) is 44.6 Å². The summed E-state index contributed by atoms with van der Waals surface area (Å²) in [6, 6.07) is 11.1. The minimum atomic E-state index is -4.07. The van der Waals surface area contributed by atoms with Crippen molar-refractivity contribution in [3.05, 3.63) is 53.1 Å². The molecule has 5 rings (SSSR count). The third-order valence-electron chi connectivity index (χ3n) is 10.2. The van der Waals surface area contributed by atoms with E-state index in [1.54, 1.807) is 20.8 Å². The molecular formula is C37H53ClN4NaO11PS2. The minimum Gasteiger partial charge on any atom is -0.548 e. The molecule has 2 fully saturated rings. The number of unbranched alkanes of at least 4 members (excludes halogenated alkanes) is 1. The van der Waals surface area contributed by atoms with Crippen LogP contribution in [-0.4, -0.2) is 77.5 Å². The van der Waals surface area contributed by atoms with E-state index in [1.807, 2.05) is 30.3 Å². The first kappa shape index (κ1) is 49.3. The Morgan fingerprint density at radius 2 is 1.74 bits per heavy atom. The van der Waals surface area contributed by atoms with Gasteiger partial charge in [-0.15, -0.1) is 0 Å². The summed E-state index contributed by atoms with van der Waals surface area (Å²) >= 11 is 5.72. The zero-order valence-corrected chi connectivity index (χ0v) is 38.3. The number of benzene rings is 2. The number of primary sulfonamides is 1. The van der Waals surface area contributed by atoms with E-state index in [1.165, 1.54) is 23.0 Å². The number of carboxylic acid groups (broad SMARTS) is 1. The van der Waals surface area contributed by atoms with Gasteiger partial charge in [0, 0.05) is 25.0 Å². The smallest absolute Gasteiger partial charge is 0.548 e. The van der Waals surface area contributed by atoms with Gasteiger partial charge in [0.25, 0.3) is 0 Å². The van der Waals surface area contributed by atoms with Gasteiger partial charge in [-0.05, 0) is 55.2 Å². The van der Waals surface area contributed by atoms with Gasteiger partial charge in [0.15, 0.2) is 0 Å². The van der Waals surface area contributed by atoms with E-state index in [2.05, 4.69) is 10.0 Å². The fourth-order valence-corrected chi connectivity index (χ4v) is 11.8. The Morgan fingerprint density at radius 3 is 2.33 bits per heavy atom. The third-order valence-corrected chi connectivity index (χ3v) is 15.4. The molecule has 1 saturated carbocycles. The monoisotopic (exact) mass is 882 g/mol. The second-order valence-corrected chi connectivity index (χ2v) is 21.1. The molecule has 4 atom stereocenters. The molecule has 20 heteroatoms. The van der Waals surface area contributed by atoms with Crippen molar-refractivity contribution in [2.45, 2.75) is 107 Å². The molecule has 1 aliphatic carbocycles. The number of carboxylic acids is 1. The fourth-order valence-electron chi connectivity index (χ4n) is 7.21. The average Bonchev–Trinajstić information content (AvgIpc) is 3.60. The predicted octanol–water partition coefficient (Wildman–Crippen LogP) is 1.44. The number of halogens is 1. The molecule has 0 unspecified atom stereocenters. The predicted molar refractivity (Wildman–Crippen MR) is 210 cm³/mol.